The number of ether oxygens (including phenoxy) is 2. The third kappa shape index (κ3) is 0.303. The average molecular weight is 167 g/mol. The number of nitrogens with zero attached hydrogens (tertiary/aromatic N) is 1. The molecule has 4 rings (SSSR count). The molecule has 0 aromatic carbocycles. The normalized spacial score (nSPS) is 67.5. The van der Waals surface area contributed by atoms with Gasteiger partial charge < -0.3 is 4.74 Å². The summed E-state index contributed by atoms with van der Waals surface area (Å²) in [4.78, 5) is 10.2. The van der Waals surface area contributed by atoms with E-state index in [-0.39, 0.29) is 22.2 Å². The summed E-state index contributed by atoms with van der Waals surface area (Å²) < 4.78 is 10.5. The lowest BCUT2D eigenvalue weighted by molar-refractivity contribution is -0.548. The van der Waals surface area contributed by atoms with Crippen LogP contribution in [0.3, 0.4) is 0 Å². The van der Waals surface area contributed by atoms with E-state index in [2.05, 4.69) is 0 Å². The summed E-state index contributed by atoms with van der Waals surface area (Å²) in [7, 11) is 0. The van der Waals surface area contributed by atoms with Crippen LogP contribution in [-0.2, 0) is 9.47 Å². The Bertz CT molecular complexity index is 356. The topological polar surface area (TPSA) is 68.2 Å². The highest BCUT2D eigenvalue weighted by atomic mass is 16.8. The second kappa shape index (κ2) is 1.05. The minimum absolute atomic E-state index is 0.145. The first kappa shape index (κ1) is 5.66. The molecule has 0 spiro atoms. The van der Waals surface area contributed by atoms with Crippen LogP contribution >= 0.6 is 0 Å². The van der Waals surface area contributed by atoms with Gasteiger partial charge in [0.1, 0.15) is 11.2 Å². The maximum absolute atomic E-state index is 10.6. The molecular weight excluding hydrogens is 162 g/mol. The lowest BCUT2D eigenvalue weighted by atomic mass is 10.0. The first-order valence-electron chi connectivity index (χ1n) is 3.88. The van der Waals surface area contributed by atoms with E-state index in [0.29, 0.717) is 0 Å². The van der Waals surface area contributed by atoms with Gasteiger partial charge in [0.15, 0.2) is 6.10 Å². The molecule has 62 valence electrons. The molecule has 0 radical (unpaired) electrons. The van der Waals surface area contributed by atoms with Gasteiger partial charge in [-0.3, -0.25) is 14.9 Å². The van der Waals surface area contributed by atoms with Gasteiger partial charge in [0.2, 0.25) is 0 Å². The van der Waals surface area contributed by atoms with E-state index in [1.807, 2.05) is 0 Å². The smallest absolute Gasteiger partial charge is 0.355 e. The van der Waals surface area contributed by atoms with Crippen LogP contribution in [0.25, 0.3) is 0 Å². The van der Waals surface area contributed by atoms with E-state index in [1.54, 1.807) is 6.08 Å². The number of fused-ring (bicyclic) bond motifs is 1. The molecule has 0 N–H and O–H groups in total. The van der Waals surface area contributed by atoms with Gasteiger partial charge in [0.05, 0.1) is 4.92 Å². The Labute approximate surface area is 67.1 Å². The summed E-state index contributed by atoms with van der Waals surface area (Å²) in [6, 6.07) is 0. The number of rotatable bonds is 1. The highest BCUT2D eigenvalue weighted by molar-refractivity contribution is 5.52. The zero-order valence-corrected chi connectivity index (χ0v) is 6.02. The van der Waals surface area contributed by atoms with Crippen molar-refractivity contribution >= 4 is 0 Å². The van der Waals surface area contributed by atoms with Crippen molar-refractivity contribution in [2.75, 3.05) is 0 Å². The number of hydrogen-bond acceptors (Lipinski definition) is 4. The van der Waals surface area contributed by atoms with E-state index in [9.17, 15) is 10.1 Å². The highest BCUT2D eigenvalue weighted by Gasteiger charge is 3.00. The van der Waals surface area contributed by atoms with Crippen molar-refractivity contribution in [2.24, 2.45) is 0 Å². The van der Waals surface area contributed by atoms with E-state index in [0.717, 1.165) is 6.42 Å². The van der Waals surface area contributed by atoms with Gasteiger partial charge in [-0.05, 0) is 6.08 Å². The monoisotopic (exact) mass is 167 g/mol. The molecule has 5 nitrogen and oxygen atoms in total. The van der Waals surface area contributed by atoms with Crippen molar-refractivity contribution in [1.29, 1.82) is 0 Å². The predicted molar refractivity (Wildman–Crippen MR) is 34.9 cm³/mol. The molecule has 4 aliphatic rings. The zero-order chi connectivity index (χ0) is 8.19. The van der Waals surface area contributed by atoms with Gasteiger partial charge in [0, 0.05) is 12.5 Å². The van der Waals surface area contributed by atoms with Crippen molar-refractivity contribution in [3.63, 3.8) is 0 Å². The highest BCUT2D eigenvalue weighted by Crippen LogP contribution is 2.81. The minimum Gasteiger partial charge on any atom is -0.355 e. The van der Waals surface area contributed by atoms with Gasteiger partial charge in [0.25, 0.3) is 0 Å². The summed E-state index contributed by atoms with van der Waals surface area (Å²) >= 11 is 0. The first-order valence-corrected chi connectivity index (χ1v) is 3.88. The van der Waals surface area contributed by atoms with Crippen molar-refractivity contribution in [3.8, 4) is 0 Å². The first-order chi connectivity index (χ1) is 5.65. The Morgan fingerprint density at radius 3 is 3.00 bits per heavy atom. The average Bonchev–Trinajstić information content (AvgIpc) is 2.81. The van der Waals surface area contributed by atoms with E-state index >= 15 is 0 Å². The second-order valence-corrected chi connectivity index (χ2v) is 3.90. The summed E-state index contributed by atoms with van der Waals surface area (Å²) in [6.07, 6.45) is 3.91. The quantitative estimate of drug-likeness (QED) is 0.235. The standard InChI is InChI=1S/C7H5NO4/c9-8(10)7-2-1-5-3-6(5,12-5)4(7)11-7/h1-2,4H,3H2. The maximum Gasteiger partial charge on any atom is 0.374 e. The SMILES string of the molecule is O=[N+]([O-])C12C=CC34CC3(O4)C1O2. The molecule has 0 aromatic heterocycles. The molecular formula is C7H5NO4. The molecule has 4 atom stereocenters. The molecule has 0 aromatic rings. The molecule has 2 aliphatic carbocycles. The molecule has 3 fully saturated rings. The molecule has 12 heavy (non-hydrogen) atoms. The molecule has 0 amide bonds. The molecule has 1 saturated carbocycles. The number of nitro groups is 1. The molecule has 2 heterocycles. The fourth-order valence-corrected chi connectivity index (χ4v) is 2.40. The van der Waals surface area contributed by atoms with Crippen molar-refractivity contribution in [1.82, 2.24) is 0 Å². The van der Waals surface area contributed by atoms with Gasteiger partial charge in [-0.25, -0.2) is 0 Å². The predicted octanol–water partition coefficient (Wildman–Crippen LogP) is -0.161. The summed E-state index contributed by atoms with van der Waals surface area (Å²) in [5.74, 6) is 0. The van der Waals surface area contributed by atoms with Gasteiger partial charge in [-0.15, -0.1) is 0 Å². The van der Waals surface area contributed by atoms with Crippen LogP contribution in [0.15, 0.2) is 12.2 Å². The second-order valence-electron chi connectivity index (χ2n) is 3.90. The fraction of sp³-hybridized carbons (Fsp3) is 0.714. The lowest BCUT2D eigenvalue weighted by Gasteiger charge is -1.98. The Balaban J connectivity index is 1.87. The number of epoxide rings is 2. The number of hydrogen-bond donors (Lipinski definition) is 0. The molecule has 2 saturated heterocycles. The largest absolute Gasteiger partial charge is 0.374 e. The van der Waals surface area contributed by atoms with Crippen molar-refractivity contribution in [3.05, 3.63) is 22.3 Å². The van der Waals surface area contributed by atoms with Crippen LogP contribution in [0.5, 0.6) is 0 Å². The van der Waals surface area contributed by atoms with Crippen molar-refractivity contribution < 1.29 is 14.4 Å². The summed E-state index contributed by atoms with van der Waals surface area (Å²) in [6.45, 7) is 0. The minimum atomic E-state index is -1.23. The molecule has 5 heteroatoms. The van der Waals surface area contributed by atoms with E-state index in [4.69, 9.17) is 9.47 Å². The summed E-state index contributed by atoms with van der Waals surface area (Å²) in [5, 5.41) is 10.6. The van der Waals surface area contributed by atoms with Crippen LogP contribution < -0.4 is 0 Å². The van der Waals surface area contributed by atoms with Crippen LogP contribution in [0.4, 0.5) is 0 Å². The fourth-order valence-electron chi connectivity index (χ4n) is 2.40. The Hall–Kier alpha value is -0.940. The van der Waals surface area contributed by atoms with E-state index < -0.39 is 5.72 Å². The zero-order valence-electron chi connectivity index (χ0n) is 6.02. The maximum atomic E-state index is 10.6. The van der Waals surface area contributed by atoms with Crippen LogP contribution in [0, 0.1) is 10.1 Å². The Kier molecular flexibility index (Phi) is 0.495. The molecule has 4 unspecified atom stereocenters. The van der Waals surface area contributed by atoms with Crippen LogP contribution in [0.1, 0.15) is 6.42 Å². The molecule has 0 bridgehead atoms. The van der Waals surface area contributed by atoms with Gasteiger partial charge in [-0.1, -0.05) is 0 Å². The van der Waals surface area contributed by atoms with Gasteiger partial charge in [-0.2, -0.15) is 0 Å². The molecule has 2 aliphatic heterocycles. The van der Waals surface area contributed by atoms with Crippen molar-refractivity contribution in [2.45, 2.75) is 29.5 Å². The van der Waals surface area contributed by atoms with Crippen LogP contribution in [0.2, 0.25) is 0 Å². The Morgan fingerprint density at radius 2 is 2.33 bits per heavy atom. The van der Waals surface area contributed by atoms with Gasteiger partial charge >= 0.3 is 5.72 Å². The Morgan fingerprint density at radius 1 is 1.58 bits per heavy atom. The summed E-state index contributed by atoms with van der Waals surface area (Å²) in [5.41, 5.74) is -1.65. The van der Waals surface area contributed by atoms with E-state index in [1.165, 1.54) is 6.08 Å². The third-order valence-corrected chi connectivity index (χ3v) is 3.36. The third-order valence-electron chi connectivity index (χ3n) is 3.36. The van der Waals surface area contributed by atoms with Crippen LogP contribution in [-0.4, -0.2) is 28.0 Å². The lowest BCUT2D eigenvalue weighted by Crippen LogP contribution is -2.29.